The monoisotopic (exact) mass is 349 g/mol. The van der Waals surface area contributed by atoms with E-state index in [2.05, 4.69) is 0 Å². The number of hydrogen-bond donors (Lipinski definition) is 0. The molecule has 132 valence electrons. The van der Waals surface area contributed by atoms with E-state index in [-0.39, 0.29) is 18.0 Å². The topological polar surface area (TPSA) is 65.8 Å². The standard InChI is InChI=1S/C20H19N3O3/c1-22-15-8-4-5-9-16(15)23(2)20(22)14(12-21)17(24)13-26-19-11-7-6-10-18(19)25-3/h4-11H,13H2,1-3H3. The summed E-state index contributed by atoms with van der Waals surface area (Å²) in [5.41, 5.74) is 1.94. The molecule has 2 aromatic carbocycles. The largest absolute Gasteiger partial charge is 0.493 e. The zero-order chi connectivity index (χ0) is 18.7. The van der Waals surface area contributed by atoms with Crippen LogP contribution in [0.5, 0.6) is 11.5 Å². The zero-order valence-corrected chi connectivity index (χ0v) is 14.9. The minimum Gasteiger partial charge on any atom is -0.493 e. The Morgan fingerprint density at radius 2 is 1.54 bits per heavy atom. The number of carbonyl (C=O) groups is 1. The lowest BCUT2D eigenvalue weighted by Gasteiger charge is -2.20. The smallest absolute Gasteiger partial charge is 0.214 e. The third kappa shape index (κ3) is 2.95. The summed E-state index contributed by atoms with van der Waals surface area (Å²) in [6.07, 6.45) is 0. The Morgan fingerprint density at radius 1 is 1.00 bits per heavy atom. The van der Waals surface area contributed by atoms with Crippen molar-refractivity contribution in [1.29, 1.82) is 5.26 Å². The molecule has 0 unspecified atom stereocenters. The summed E-state index contributed by atoms with van der Waals surface area (Å²) in [5.74, 6) is 1.15. The number of anilines is 2. The molecule has 0 aliphatic carbocycles. The molecule has 1 heterocycles. The van der Waals surface area contributed by atoms with Crippen LogP contribution in [0.15, 0.2) is 59.9 Å². The predicted octanol–water partition coefficient (Wildman–Crippen LogP) is 2.96. The van der Waals surface area contributed by atoms with Crippen LogP contribution in [0.4, 0.5) is 11.4 Å². The van der Waals surface area contributed by atoms with Gasteiger partial charge in [0.05, 0.1) is 18.5 Å². The molecule has 0 fully saturated rings. The molecule has 0 amide bonds. The second kappa shape index (κ2) is 7.19. The maximum absolute atomic E-state index is 12.7. The highest BCUT2D eigenvalue weighted by Crippen LogP contribution is 2.40. The zero-order valence-electron chi connectivity index (χ0n) is 14.9. The molecule has 2 aromatic rings. The minimum atomic E-state index is -0.389. The van der Waals surface area contributed by atoms with E-state index in [0.29, 0.717) is 17.3 Å². The Bertz CT molecular complexity index is 884. The lowest BCUT2D eigenvalue weighted by atomic mass is 10.2. The maximum Gasteiger partial charge on any atom is 0.214 e. The van der Waals surface area contributed by atoms with Gasteiger partial charge in [-0.15, -0.1) is 0 Å². The highest BCUT2D eigenvalue weighted by molar-refractivity contribution is 6.03. The Balaban J connectivity index is 1.86. The first-order valence-corrected chi connectivity index (χ1v) is 8.08. The maximum atomic E-state index is 12.7. The molecule has 26 heavy (non-hydrogen) atoms. The number of fused-ring (bicyclic) bond motifs is 1. The van der Waals surface area contributed by atoms with Gasteiger partial charge in [-0.25, -0.2) is 0 Å². The van der Waals surface area contributed by atoms with Crippen LogP contribution in [0, 0.1) is 11.3 Å². The number of hydrogen-bond acceptors (Lipinski definition) is 6. The third-order valence-corrected chi connectivity index (χ3v) is 4.28. The second-order valence-corrected chi connectivity index (χ2v) is 5.78. The van der Waals surface area contributed by atoms with Crippen molar-refractivity contribution < 1.29 is 14.3 Å². The molecule has 3 rings (SSSR count). The van der Waals surface area contributed by atoms with Gasteiger partial charge in [0.15, 0.2) is 18.1 Å². The second-order valence-electron chi connectivity index (χ2n) is 5.78. The fourth-order valence-electron chi connectivity index (χ4n) is 3.01. The number of benzene rings is 2. The molecule has 1 aliphatic rings. The summed E-state index contributed by atoms with van der Waals surface area (Å²) >= 11 is 0. The molecule has 0 atom stereocenters. The van der Waals surface area contributed by atoms with Crippen LogP contribution in [0.2, 0.25) is 0 Å². The summed E-state index contributed by atoms with van der Waals surface area (Å²) in [7, 11) is 5.21. The highest BCUT2D eigenvalue weighted by Gasteiger charge is 2.31. The van der Waals surface area contributed by atoms with Gasteiger partial charge in [0.1, 0.15) is 17.5 Å². The molecule has 0 saturated carbocycles. The van der Waals surface area contributed by atoms with Crippen LogP contribution >= 0.6 is 0 Å². The number of rotatable bonds is 5. The number of Topliss-reactive ketones (excluding diaryl/α,β-unsaturated/α-hetero) is 1. The van der Waals surface area contributed by atoms with Gasteiger partial charge < -0.3 is 19.3 Å². The van der Waals surface area contributed by atoms with Crippen molar-refractivity contribution >= 4 is 17.2 Å². The molecule has 6 nitrogen and oxygen atoms in total. The molecular formula is C20H19N3O3. The van der Waals surface area contributed by atoms with E-state index in [1.807, 2.05) is 60.3 Å². The van der Waals surface area contributed by atoms with E-state index >= 15 is 0 Å². The molecule has 0 radical (unpaired) electrons. The summed E-state index contributed by atoms with van der Waals surface area (Å²) < 4.78 is 10.8. The van der Waals surface area contributed by atoms with E-state index in [4.69, 9.17) is 9.47 Å². The fraction of sp³-hybridized carbons (Fsp3) is 0.200. The SMILES string of the molecule is COc1ccccc1OCC(=O)C(C#N)=C1N(C)c2ccccc2N1C. The number of carbonyl (C=O) groups excluding carboxylic acids is 1. The average molecular weight is 349 g/mol. The number of para-hydroxylation sites is 4. The third-order valence-electron chi connectivity index (χ3n) is 4.28. The molecular weight excluding hydrogens is 330 g/mol. The Morgan fingerprint density at radius 3 is 2.08 bits per heavy atom. The van der Waals surface area contributed by atoms with E-state index < -0.39 is 0 Å². The number of nitrogens with zero attached hydrogens (tertiary/aromatic N) is 3. The number of ketones is 1. The van der Waals surface area contributed by atoms with Gasteiger partial charge in [0.25, 0.3) is 0 Å². The van der Waals surface area contributed by atoms with Crippen LogP contribution in [0.3, 0.4) is 0 Å². The molecule has 1 aliphatic heterocycles. The average Bonchev–Trinajstić information content (AvgIpc) is 2.93. The van der Waals surface area contributed by atoms with Gasteiger partial charge in [-0.2, -0.15) is 5.26 Å². The van der Waals surface area contributed by atoms with E-state index in [1.54, 1.807) is 18.2 Å². The summed E-state index contributed by atoms with van der Waals surface area (Å²) in [6, 6.07) is 16.9. The molecule has 0 N–H and O–H groups in total. The van der Waals surface area contributed by atoms with Crippen LogP contribution < -0.4 is 19.3 Å². The van der Waals surface area contributed by atoms with Crippen LogP contribution in [-0.2, 0) is 4.79 Å². The van der Waals surface area contributed by atoms with Gasteiger partial charge in [-0.3, -0.25) is 4.79 Å². The first kappa shape index (κ1) is 17.4. The molecule has 0 bridgehead atoms. The Labute approximate surface area is 152 Å². The van der Waals surface area contributed by atoms with Crippen molar-refractivity contribution in [2.75, 3.05) is 37.6 Å². The van der Waals surface area contributed by atoms with Gasteiger partial charge >= 0.3 is 0 Å². The Hall–Kier alpha value is -3.46. The molecule has 0 spiro atoms. The van der Waals surface area contributed by atoms with Crippen LogP contribution in [0.25, 0.3) is 0 Å². The summed E-state index contributed by atoms with van der Waals surface area (Å²) in [5, 5.41) is 9.61. The summed E-state index contributed by atoms with van der Waals surface area (Å²) in [6.45, 7) is -0.245. The summed E-state index contributed by atoms with van der Waals surface area (Å²) in [4.78, 5) is 16.4. The van der Waals surface area contributed by atoms with Gasteiger partial charge in [0, 0.05) is 14.1 Å². The lowest BCUT2D eigenvalue weighted by molar-refractivity contribution is -0.117. The van der Waals surface area contributed by atoms with Crippen molar-refractivity contribution in [2.45, 2.75) is 0 Å². The first-order valence-electron chi connectivity index (χ1n) is 8.08. The quantitative estimate of drug-likeness (QED) is 0.611. The van der Waals surface area contributed by atoms with Gasteiger partial charge in [0.2, 0.25) is 5.78 Å². The normalized spacial score (nSPS) is 12.5. The molecule has 6 heteroatoms. The van der Waals surface area contributed by atoms with Crippen molar-refractivity contribution in [1.82, 2.24) is 0 Å². The van der Waals surface area contributed by atoms with E-state index in [1.165, 1.54) is 7.11 Å². The number of ether oxygens (including phenoxy) is 2. The lowest BCUT2D eigenvalue weighted by Crippen LogP contribution is -2.27. The van der Waals surface area contributed by atoms with E-state index in [9.17, 15) is 10.1 Å². The molecule has 0 saturated heterocycles. The number of nitriles is 1. The van der Waals surface area contributed by atoms with Crippen molar-refractivity contribution in [3.63, 3.8) is 0 Å². The predicted molar refractivity (Wildman–Crippen MR) is 99.4 cm³/mol. The molecule has 0 aromatic heterocycles. The van der Waals surface area contributed by atoms with Crippen molar-refractivity contribution in [3.8, 4) is 17.6 Å². The van der Waals surface area contributed by atoms with E-state index in [0.717, 1.165) is 11.4 Å². The van der Waals surface area contributed by atoms with Crippen LogP contribution in [-0.4, -0.2) is 33.6 Å². The van der Waals surface area contributed by atoms with Crippen molar-refractivity contribution in [2.24, 2.45) is 0 Å². The number of methoxy groups -OCH3 is 1. The fourth-order valence-corrected chi connectivity index (χ4v) is 3.01. The Kier molecular flexibility index (Phi) is 4.81. The highest BCUT2D eigenvalue weighted by atomic mass is 16.5. The van der Waals surface area contributed by atoms with Crippen molar-refractivity contribution in [3.05, 3.63) is 59.9 Å². The minimum absolute atomic E-state index is 0.0566. The van der Waals surface area contributed by atoms with Crippen LogP contribution in [0.1, 0.15) is 0 Å². The first-order chi connectivity index (χ1) is 12.6. The van der Waals surface area contributed by atoms with Gasteiger partial charge in [-0.05, 0) is 24.3 Å². The van der Waals surface area contributed by atoms with Gasteiger partial charge in [-0.1, -0.05) is 24.3 Å².